The van der Waals surface area contributed by atoms with Crippen LogP contribution in [0.25, 0.3) is 5.57 Å². The van der Waals surface area contributed by atoms with Crippen molar-refractivity contribution in [3.05, 3.63) is 77.9 Å². The predicted molar refractivity (Wildman–Crippen MR) is 103 cm³/mol. The molecule has 1 atom stereocenters. The molecule has 0 aliphatic carbocycles. The molecule has 134 valence electrons. The lowest BCUT2D eigenvalue weighted by molar-refractivity contribution is -0.131. The Balaban J connectivity index is 1.65. The molecule has 1 heterocycles. The summed E-state index contributed by atoms with van der Waals surface area (Å²) < 4.78 is 0. The molecule has 2 aromatic carbocycles. The first-order chi connectivity index (χ1) is 12.6. The summed E-state index contributed by atoms with van der Waals surface area (Å²) in [6.07, 6.45) is 3.26. The summed E-state index contributed by atoms with van der Waals surface area (Å²) in [5.41, 5.74) is 3.46. The zero-order chi connectivity index (χ0) is 18.4. The minimum Gasteiger partial charge on any atom is -0.349 e. The number of carbonyl (C=O) groups is 2. The third-order valence-electron chi connectivity index (χ3n) is 4.66. The van der Waals surface area contributed by atoms with Gasteiger partial charge in [0.15, 0.2) is 0 Å². The molecule has 1 N–H and O–H groups in total. The van der Waals surface area contributed by atoms with Crippen molar-refractivity contribution >= 4 is 17.4 Å². The van der Waals surface area contributed by atoms with Crippen molar-refractivity contribution in [1.29, 1.82) is 0 Å². The van der Waals surface area contributed by atoms with Gasteiger partial charge in [-0.3, -0.25) is 9.59 Å². The minimum atomic E-state index is -0.291. The summed E-state index contributed by atoms with van der Waals surface area (Å²) in [5.74, 6) is -0.0625. The van der Waals surface area contributed by atoms with E-state index in [1.54, 1.807) is 0 Å². The molecule has 1 unspecified atom stereocenters. The third-order valence-corrected chi connectivity index (χ3v) is 4.66. The Kier molecular flexibility index (Phi) is 5.84. The normalized spacial score (nSPS) is 15.1. The second-order valence-electron chi connectivity index (χ2n) is 6.55. The topological polar surface area (TPSA) is 49.4 Å². The fraction of sp³-hybridized carbons (Fsp3) is 0.273. The van der Waals surface area contributed by atoms with Crippen LogP contribution in [-0.4, -0.2) is 29.8 Å². The number of hydrogen-bond donors (Lipinski definition) is 1. The van der Waals surface area contributed by atoms with E-state index >= 15 is 0 Å². The largest absolute Gasteiger partial charge is 0.349 e. The van der Waals surface area contributed by atoms with Gasteiger partial charge >= 0.3 is 0 Å². The van der Waals surface area contributed by atoms with E-state index in [9.17, 15) is 9.59 Å². The van der Waals surface area contributed by atoms with Crippen LogP contribution in [-0.2, 0) is 9.59 Å². The second-order valence-corrected chi connectivity index (χ2v) is 6.55. The Morgan fingerprint density at radius 1 is 1.04 bits per heavy atom. The smallest absolute Gasteiger partial charge is 0.225 e. The van der Waals surface area contributed by atoms with Crippen LogP contribution in [0.2, 0.25) is 0 Å². The Labute approximate surface area is 154 Å². The molecular weight excluding hydrogens is 324 g/mol. The van der Waals surface area contributed by atoms with Crippen molar-refractivity contribution in [3.8, 4) is 0 Å². The molecule has 0 spiro atoms. The summed E-state index contributed by atoms with van der Waals surface area (Å²) in [6, 6.07) is 19.6. The Morgan fingerprint density at radius 2 is 1.69 bits per heavy atom. The zero-order valence-corrected chi connectivity index (χ0v) is 15.0. The van der Waals surface area contributed by atoms with Crippen LogP contribution in [0.4, 0.5) is 0 Å². The molecule has 2 amide bonds. The molecule has 0 saturated carbocycles. The van der Waals surface area contributed by atoms with Gasteiger partial charge in [-0.05, 0) is 23.1 Å². The SMILES string of the molecule is CC(=O)NC(CC(=O)N1CC=C(c2ccccc2)CC1)c1ccccc1. The van der Waals surface area contributed by atoms with Gasteiger partial charge in [0.25, 0.3) is 0 Å². The molecule has 1 aliphatic heterocycles. The van der Waals surface area contributed by atoms with E-state index in [4.69, 9.17) is 0 Å². The van der Waals surface area contributed by atoms with Gasteiger partial charge in [0, 0.05) is 20.0 Å². The quantitative estimate of drug-likeness (QED) is 0.898. The molecule has 4 nitrogen and oxygen atoms in total. The van der Waals surface area contributed by atoms with Crippen LogP contribution in [0, 0.1) is 0 Å². The van der Waals surface area contributed by atoms with Crippen molar-refractivity contribution in [2.75, 3.05) is 13.1 Å². The van der Waals surface area contributed by atoms with Gasteiger partial charge in [0.1, 0.15) is 0 Å². The maximum atomic E-state index is 12.8. The molecule has 3 rings (SSSR count). The van der Waals surface area contributed by atoms with E-state index in [-0.39, 0.29) is 24.3 Å². The highest BCUT2D eigenvalue weighted by molar-refractivity contribution is 5.80. The van der Waals surface area contributed by atoms with Crippen LogP contribution in [0.15, 0.2) is 66.7 Å². The second kappa shape index (κ2) is 8.48. The van der Waals surface area contributed by atoms with Crippen molar-refractivity contribution in [3.63, 3.8) is 0 Å². The highest BCUT2D eigenvalue weighted by Gasteiger charge is 2.23. The first kappa shape index (κ1) is 17.9. The average molecular weight is 348 g/mol. The highest BCUT2D eigenvalue weighted by atomic mass is 16.2. The van der Waals surface area contributed by atoms with E-state index in [0.717, 1.165) is 12.0 Å². The van der Waals surface area contributed by atoms with Gasteiger partial charge < -0.3 is 10.2 Å². The van der Waals surface area contributed by atoms with E-state index in [1.165, 1.54) is 18.1 Å². The summed E-state index contributed by atoms with van der Waals surface area (Å²) in [6.45, 7) is 2.81. The monoisotopic (exact) mass is 348 g/mol. The summed E-state index contributed by atoms with van der Waals surface area (Å²) in [5, 5.41) is 2.90. The van der Waals surface area contributed by atoms with Gasteiger partial charge in [-0.25, -0.2) is 0 Å². The first-order valence-electron chi connectivity index (χ1n) is 8.98. The van der Waals surface area contributed by atoms with Crippen molar-refractivity contribution in [2.24, 2.45) is 0 Å². The van der Waals surface area contributed by atoms with Crippen LogP contribution >= 0.6 is 0 Å². The van der Waals surface area contributed by atoms with Gasteiger partial charge in [0.2, 0.25) is 11.8 Å². The molecular formula is C22H24N2O2. The number of carbonyl (C=O) groups excluding carboxylic acids is 2. The van der Waals surface area contributed by atoms with Crippen LogP contribution in [0.3, 0.4) is 0 Å². The van der Waals surface area contributed by atoms with E-state index in [2.05, 4.69) is 23.5 Å². The third kappa shape index (κ3) is 4.60. The average Bonchev–Trinajstić information content (AvgIpc) is 2.68. The Morgan fingerprint density at radius 3 is 2.27 bits per heavy atom. The number of amides is 2. The standard InChI is InChI=1S/C22H24N2O2/c1-17(25)23-21(20-10-6-3-7-11-20)16-22(26)24-14-12-19(13-15-24)18-8-4-2-5-9-18/h2-12,21H,13-16H2,1H3,(H,23,25). The summed E-state index contributed by atoms with van der Waals surface area (Å²) in [4.78, 5) is 26.2. The molecule has 2 aromatic rings. The van der Waals surface area contributed by atoms with E-state index in [1.807, 2.05) is 53.4 Å². The number of nitrogens with one attached hydrogen (secondary N) is 1. The lowest BCUT2D eigenvalue weighted by Gasteiger charge is -2.28. The fourth-order valence-corrected chi connectivity index (χ4v) is 3.30. The van der Waals surface area contributed by atoms with Gasteiger partial charge in [-0.2, -0.15) is 0 Å². The molecule has 0 bridgehead atoms. The van der Waals surface area contributed by atoms with Gasteiger partial charge in [-0.1, -0.05) is 66.7 Å². The molecule has 0 saturated heterocycles. The van der Waals surface area contributed by atoms with E-state index < -0.39 is 0 Å². The molecule has 26 heavy (non-hydrogen) atoms. The fourth-order valence-electron chi connectivity index (χ4n) is 3.30. The maximum absolute atomic E-state index is 12.8. The predicted octanol–water partition coefficient (Wildman–Crippen LogP) is 3.57. The van der Waals surface area contributed by atoms with Crippen molar-refractivity contribution in [2.45, 2.75) is 25.8 Å². The Bertz CT molecular complexity index is 784. The molecule has 0 aromatic heterocycles. The van der Waals surface area contributed by atoms with Crippen LogP contribution in [0.5, 0.6) is 0 Å². The maximum Gasteiger partial charge on any atom is 0.225 e. The minimum absolute atomic E-state index is 0.0657. The molecule has 0 fully saturated rings. The molecule has 0 radical (unpaired) electrons. The summed E-state index contributed by atoms with van der Waals surface area (Å²) >= 11 is 0. The number of rotatable bonds is 5. The number of nitrogens with zero attached hydrogens (tertiary/aromatic N) is 1. The first-order valence-corrected chi connectivity index (χ1v) is 8.98. The molecule has 1 aliphatic rings. The van der Waals surface area contributed by atoms with Crippen molar-refractivity contribution in [1.82, 2.24) is 10.2 Å². The summed E-state index contributed by atoms with van der Waals surface area (Å²) in [7, 11) is 0. The van der Waals surface area contributed by atoms with Gasteiger partial charge in [-0.15, -0.1) is 0 Å². The van der Waals surface area contributed by atoms with Crippen LogP contribution < -0.4 is 5.32 Å². The highest BCUT2D eigenvalue weighted by Crippen LogP contribution is 2.24. The zero-order valence-electron chi connectivity index (χ0n) is 15.0. The Hall–Kier alpha value is -2.88. The van der Waals surface area contributed by atoms with Crippen molar-refractivity contribution < 1.29 is 9.59 Å². The lowest BCUT2D eigenvalue weighted by atomic mass is 9.98. The number of benzene rings is 2. The molecule has 4 heteroatoms. The van der Waals surface area contributed by atoms with E-state index in [0.29, 0.717) is 13.1 Å². The van der Waals surface area contributed by atoms with Crippen LogP contribution in [0.1, 0.15) is 36.9 Å². The lowest BCUT2D eigenvalue weighted by Crippen LogP contribution is -2.38. The number of hydrogen-bond acceptors (Lipinski definition) is 2. The van der Waals surface area contributed by atoms with Gasteiger partial charge in [0.05, 0.1) is 12.5 Å².